The molecule has 1 amide bonds. The zero-order chi connectivity index (χ0) is 24.5. The number of rotatable bonds is 6. The predicted octanol–water partition coefficient (Wildman–Crippen LogP) is 3.04. The Balaban J connectivity index is 1.24. The number of carbonyl (C=O) groups excluding carboxylic acids is 1. The molecule has 0 saturated carbocycles. The Bertz CT molecular complexity index is 1440. The van der Waals surface area contributed by atoms with Crippen molar-refractivity contribution in [3.05, 3.63) is 70.1 Å². The van der Waals surface area contributed by atoms with E-state index in [0.29, 0.717) is 12.1 Å². The van der Waals surface area contributed by atoms with E-state index in [1.165, 1.54) is 4.68 Å². The fourth-order valence-corrected chi connectivity index (χ4v) is 5.08. The lowest BCUT2D eigenvalue weighted by atomic mass is 10.2. The number of carbonyl (C=O) groups is 1. The minimum atomic E-state index is -0.535. The molecule has 1 saturated heterocycles. The maximum Gasteiger partial charge on any atom is 0.291 e. The highest BCUT2D eigenvalue weighted by Gasteiger charge is 2.23. The first-order valence-corrected chi connectivity index (χ1v) is 12.3. The molecular weight excluding hydrogens is 464 g/mol. The molecule has 4 aromatic rings. The maximum atomic E-state index is 13.1. The van der Waals surface area contributed by atoms with Gasteiger partial charge in [0.05, 0.1) is 11.7 Å². The van der Waals surface area contributed by atoms with E-state index in [4.69, 9.17) is 11.6 Å². The molecule has 5 rings (SSSR count). The van der Waals surface area contributed by atoms with Crippen molar-refractivity contribution in [1.29, 1.82) is 0 Å². The largest absolute Gasteiger partial charge is 0.369 e. The molecule has 3 heterocycles. The summed E-state index contributed by atoms with van der Waals surface area (Å²) in [5.41, 5.74) is 2.29. The lowest BCUT2D eigenvalue weighted by molar-refractivity contribution is -0.123. The summed E-state index contributed by atoms with van der Waals surface area (Å²) in [4.78, 5) is 30.8. The van der Waals surface area contributed by atoms with Crippen molar-refractivity contribution < 1.29 is 4.79 Å². The summed E-state index contributed by atoms with van der Waals surface area (Å²) in [6, 6.07) is 15.2. The number of hydrogen-bond acceptors (Lipinski definition) is 5. The first-order valence-electron chi connectivity index (χ1n) is 11.9. The molecule has 1 aliphatic heterocycles. The van der Waals surface area contributed by atoms with Crippen LogP contribution in [0, 0.1) is 0 Å². The third kappa shape index (κ3) is 4.51. The molecule has 0 bridgehead atoms. The monoisotopic (exact) mass is 492 g/mol. The highest BCUT2D eigenvalue weighted by atomic mass is 35.5. The Morgan fingerprint density at radius 2 is 1.86 bits per heavy atom. The Labute approximate surface area is 208 Å². The number of amides is 1. The Morgan fingerprint density at radius 3 is 2.63 bits per heavy atom. The second-order valence-electron chi connectivity index (χ2n) is 9.00. The standard InChI is InChI=1S/C26H29ClN6O2/c1-18(33-23-9-4-3-8-21(23)22-17-29-30(2)26(35)24(22)33)25(34)28-10-11-31-12-14-32(15-13-31)20-7-5-6-19(27)16-20/h3-9,16-18H,10-15H2,1-2H3,(H,28,34). The number of para-hydroxylation sites is 1. The zero-order valence-electron chi connectivity index (χ0n) is 19.9. The van der Waals surface area contributed by atoms with Crippen molar-refractivity contribution >= 4 is 45.0 Å². The van der Waals surface area contributed by atoms with Gasteiger partial charge in [-0.15, -0.1) is 0 Å². The van der Waals surface area contributed by atoms with Crippen LogP contribution in [0.5, 0.6) is 0 Å². The quantitative estimate of drug-likeness (QED) is 0.448. The molecule has 0 aliphatic carbocycles. The fraction of sp³-hybridized carbons (Fsp3) is 0.346. The van der Waals surface area contributed by atoms with E-state index in [2.05, 4.69) is 26.3 Å². The molecule has 1 N–H and O–H groups in total. The number of nitrogens with zero attached hydrogens (tertiary/aromatic N) is 5. The molecule has 9 heteroatoms. The number of aromatic nitrogens is 3. The zero-order valence-corrected chi connectivity index (χ0v) is 20.7. The summed E-state index contributed by atoms with van der Waals surface area (Å²) in [5, 5.41) is 9.69. The number of piperazine rings is 1. The summed E-state index contributed by atoms with van der Waals surface area (Å²) >= 11 is 6.13. The molecule has 0 spiro atoms. The van der Waals surface area contributed by atoms with Crippen LogP contribution in [0.1, 0.15) is 13.0 Å². The van der Waals surface area contributed by atoms with Crippen molar-refractivity contribution in [2.45, 2.75) is 13.0 Å². The first-order chi connectivity index (χ1) is 16.9. The van der Waals surface area contributed by atoms with Crippen LogP contribution in [0.25, 0.3) is 21.8 Å². The Morgan fingerprint density at radius 1 is 1.09 bits per heavy atom. The van der Waals surface area contributed by atoms with Gasteiger partial charge in [0, 0.05) is 67.8 Å². The minimum Gasteiger partial charge on any atom is -0.369 e. The lowest BCUT2D eigenvalue weighted by Gasteiger charge is -2.36. The van der Waals surface area contributed by atoms with Gasteiger partial charge in [-0.25, -0.2) is 4.68 Å². The van der Waals surface area contributed by atoms with Crippen molar-refractivity contribution in [3.8, 4) is 0 Å². The van der Waals surface area contributed by atoms with E-state index in [-0.39, 0.29) is 11.5 Å². The Kier molecular flexibility index (Phi) is 6.49. The second kappa shape index (κ2) is 9.71. The molecule has 1 unspecified atom stereocenters. The van der Waals surface area contributed by atoms with E-state index < -0.39 is 6.04 Å². The highest BCUT2D eigenvalue weighted by molar-refractivity contribution is 6.30. The number of nitrogens with one attached hydrogen (secondary N) is 1. The van der Waals surface area contributed by atoms with Crippen LogP contribution in [-0.2, 0) is 11.8 Å². The van der Waals surface area contributed by atoms with Crippen LogP contribution in [0.15, 0.2) is 59.5 Å². The lowest BCUT2D eigenvalue weighted by Crippen LogP contribution is -2.48. The van der Waals surface area contributed by atoms with Gasteiger partial charge in [0.15, 0.2) is 0 Å². The van der Waals surface area contributed by atoms with Gasteiger partial charge < -0.3 is 14.8 Å². The van der Waals surface area contributed by atoms with E-state index in [0.717, 1.165) is 59.7 Å². The predicted molar refractivity (Wildman–Crippen MR) is 140 cm³/mol. The Hall–Kier alpha value is -3.36. The van der Waals surface area contributed by atoms with E-state index >= 15 is 0 Å². The van der Waals surface area contributed by atoms with Gasteiger partial charge in [-0.1, -0.05) is 35.9 Å². The molecule has 0 radical (unpaired) electrons. The average Bonchev–Trinajstić information content (AvgIpc) is 3.21. The number of benzene rings is 2. The van der Waals surface area contributed by atoms with Crippen LogP contribution < -0.4 is 15.8 Å². The summed E-state index contributed by atoms with van der Waals surface area (Å²) in [7, 11) is 1.63. The van der Waals surface area contributed by atoms with Gasteiger partial charge in [-0.2, -0.15) is 5.10 Å². The van der Waals surface area contributed by atoms with Crippen molar-refractivity contribution in [2.24, 2.45) is 7.05 Å². The van der Waals surface area contributed by atoms with Gasteiger partial charge in [0.2, 0.25) is 5.91 Å². The summed E-state index contributed by atoms with van der Waals surface area (Å²) in [6.45, 7) is 6.86. The molecule has 1 atom stereocenters. The van der Waals surface area contributed by atoms with Crippen LogP contribution >= 0.6 is 11.6 Å². The summed E-state index contributed by atoms with van der Waals surface area (Å²) in [5.74, 6) is -0.107. The van der Waals surface area contributed by atoms with Gasteiger partial charge in [0.25, 0.3) is 5.56 Å². The maximum absolute atomic E-state index is 13.1. The van der Waals surface area contributed by atoms with Crippen LogP contribution in [0.3, 0.4) is 0 Å². The topological polar surface area (TPSA) is 75.4 Å². The fourth-order valence-electron chi connectivity index (χ4n) is 4.90. The number of aryl methyl sites for hydroxylation is 1. The molecule has 182 valence electrons. The van der Waals surface area contributed by atoms with Gasteiger partial charge >= 0.3 is 0 Å². The minimum absolute atomic E-state index is 0.107. The van der Waals surface area contributed by atoms with Crippen LogP contribution in [-0.4, -0.2) is 64.4 Å². The van der Waals surface area contributed by atoms with Crippen molar-refractivity contribution in [2.75, 3.05) is 44.2 Å². The molecule has 1 fully saturated rings. The molecule has 2 aromatic carbocycles. The molecule has 8 nitrogen and oxygen atoms in total. The van der Waals surface area contributed by atoms with E-state index in [1.807, 2.05) is 54.0 Å². The molecule has 2 aromatic heterocycles. The molecule has 35 heavy (non-hydrogen) atoms. The number of anilines is 1. The third-order valence-electron chi connectivity index (χ3n) is 6.85. The van der Waals surface area contributed by atoms with Crippen LogP contribution in [0.4, 0.5) is 5.69 Å². The van der Waals surface area contributed by atoms with Gasteiger partial charge in [-0.05, 0) is 31.2 Å². The van der Waals surface area contributed by atoms with Gasteiger partial charge in [-0.3, -0.25) is 14.5 Å². The number of hydrogen-bond donors (Lipinski definition) is 1. The third-order valence-corrected chi connectivity index (χ3v) is 7.08. The van der Waals surface area contributed by atoms with E-state index in [9.17, 15) is 9.59 Å². The highest BCUT2D eigenvalue weighted by Crippen LogP contribution is 2.29. The number of fused-ring (bicyclic) bond motifs is 3. The van der Waals surface area contributed by atoms with Crippen molar-refractivity contribution in [3.63, 3.8) is 0 Å². The normalized spacial score (nSPS) is 15.6. The number of halogens is 1. The smallest absolute Gasteiger partial charge is 0.291 e. The average molecular weight is 493 g/mol. The summed E-state index contributed by atoms with van der Waals surface area (Å²) in [6.07, 6.45) is 1.70. The summed E-state index contributed by atoms with van der Waals surface area (Å²) < 4.78 is 3.15. The first kappa shape index (κ1) is 23.4. The van der Waals surface area contributed by atoms with E-state index in [1.54, 1.807) is 13.2 Å². The van der Waals surface area contributed by atoms with Crippen molar-refractivity contribution in [1.82, 2.24) is 24.6 Å². The molecular formula is C26H29ClN6O2. The molecule has 1 aliphatic rings. The van der Waals surface area contributed by atoms with Gasteiger partial charge in [0.1, 0.15) is 11.6 Å². The second-order valence-corrected chi connectivity index (χ2v) is 9.43. The van der Waals surface area contributed by atoms with Crippen LogP contribution in [0.2, 0.25) is 5.02 Å². The SMILES string of the molecule is CC(C(=O)NCCN1CCN(c2cccc(Cl)c2)CC1)n1c2ccccc2c2cnn(C)c(=O)c21.